The predicted molar refractivity (Wildman–Crippen MR) is 91.9 cm³/mol. The van der Waals surface area contributed by atoms with Crippen molar-refractivity contribution in [1.82, 2.24) is 10.2 Å². The van der Waals surface area contributed by atoms with Crippen LogP contribution in [-0.2, 0) is 9.73 Å². The van der Waals surface area contributed by atoms with Crippen LogP contribution in [0.1, 0.15) is 5.89 Å². The van der Waals surface area contributed by atoms with E-state index >= 15 is 0 Å². The minimum Gasteiger partial charge on any atom is -0.497 e. The molecule has 0 aliphatic rings. The number of aromatic nitrogens is 2. The first kappa shape index (κ1) is 16.2. The molecule has 0 saturated carbocycles. The second-order valence-electron chi connectivity index (χ2n) is 5.24. The molecule has 1 unspecified atom stereocenters. The Morgan fingerprint density at radius 1 is 1.04 bits per heavy atom. The summed E-state index contributed by atoms with van der Waals surface area (Å²) in [6.45, 7) is 1.74. The quantitative estimate of drug-likeness (QED) is 0.719. The molecule has 3 rings (SSSR count). The molecular weight excluding hydrogens is 326 g/mol. The van der Waals surface area contributed by atoms with E-state index in [1.165, 1.54) is 0 Å². The average Bonchev–Trinajstić information content (AvgIpc) is 3.02. The minimum atomic E-state index is -2.54. The number of rotatable bonds is 4. The Bertz CT molecular complexity index is 954. The van der Waals surface area contributed by atoms with Crippen LogP contribution in [0.3, 0.4) is 0 Å². The van der Waals surface area contributed by atoms with Crippen LogP contribution in [-0.4, -0.2) is 27.8 Å². The van der Waals surface area contributed by atoms with Crippen molar-refractivity contribution in [3.05, 3.63) is 54.4 Å². The van der Waals surface area contributed by atoms with Gasteiger partial charge in [0, 0.05) is 23.6 Å². The van der Waals surface area contributed by atoms with Gasteiger partial charge in [0.15, 0.2) is 0 Å². The van der Waals surface area contributed by atoms with Crippen LogP contribution in [0.5, 0.6) is 5.75 Å². The van der Waals surface area contributed by atoms with Crippen LogP contribution in [0, 0.1) is 6.92 Å². The lowest BCUT2D eigenvalue weighted by Gasteiger charge is -2.06. The summed E-state index contributed by atoms with van der Waals surface area (Å²) in [5.41, 5.74) is 1.42. The van der Waals surface area contributed by atoms with Gasteiger partial charge in [0.2, 0.25) is 11.8 Å². The van der Waals surface area contributed by atoms with Gasteiger partial charge in [-0.1, -0.05) is 0 Å². The third kappa shape index (κ3) is 3.46. The molecule has 24 heavy (non-hydrogen) atoms. The Labute approximate surface area is 140 Å². The van der Waals surface area contributed by atoms with E-state index in [4.69, 9.17) is 9.15 Å². The molecule has 7 heteroatoms. The molecule has 0 radical (unpaired) electrons. The summed E-state index contributed by atoms with van der Waals surface area (Å²) in [4.78, 5) is 0.653. The Morgan fingerprint density at radius 2 is 1.71 bits per heavy atom. The topological polar surface area (TPSA) is 77.6 Å². The summed E-state index contributed by atoms with van der Waals surface area (Å²) in [6, 6.07) is 14.3. The molecule has 1 atom stereocenters. The first-order valence-corrected chi connectivity index (χ1v) is 9.17. The number of benzene rings is 2. The number of aryl methyl sites for hydroxylation is 1. The summed E-state index contributed by atoms with van der Waals surface area (Å²) in [5.74, 6) is 1.68. The van der Waals surface area contributed by atoms with Crippen molar-refractivity contribution >= 4 is 15.4 Å². The Kier molecular flexibility index (Phi) is 4.35. The number of hydrogen-bond acceptors (Lipinski definition) is 6. The van der Waals surface area contributed by atoms with E-state index in [9.17, 15) is 4.21 Å². The van der Waals surface area contributed by atoms with E-state index in [0.29, 0.717) is 28.1 Å². The maximum absolute atomic E-state index is 12.9. The number of methoxy groups -OCH3 is 1. The maximum Gasteiger partial charge on any atom is 0.247 e. The van der Waals surface area contributed by atoms with Gasteiger partial charge in [0.05, 0.1) is 22.5 Å². The van der Waals surface area contributed by atoms with Crippen molar-refractivity contribution in [3.8, 4) is 17.2 Å². The van der Waals surface area contributed by atoms with E-state index in [1.54, 1.807) is 56.7 Å². The first-order valence-electron chi connectivity index (χ1n) is 7.25. The van der Waals surface area contributed by atoms with Crippen molar-refractivity contribution < 1.29 is 13.4 Å². The summed E-state index contributed by atoms with van der Waals surface area (Å²) >= 11 is 0. The van der Waals surface area contributed by atoms with E-state index in [2.05, 4.69) is 14.6 Å². The molecule has 0 amide bonds. The Balaban J connectivity index is 1.90. The normalized spacial score (nSPS) is 13.3. The fourth-order valence-electron chi connectivity index (χ4n) is 2.16. The van der Waals surface area contributed by atoms with Gasteiger partial charge in [0.25, 0.3) is 0 Å². The third-order valence-electron chi connectivity index (χ3n) is 3.42. The van der Waals surface area contributed by atoms with Crippen molar-refractivity contribution in [2.45, 2.75) is 11.8 Å². The van der Waals surface area contributed by atoms with Gasteiger partial charge in [-0.2, -0.15) is 4.36 Å². The molecule has 0 aliphatic heterocycles. The van der Waals surface area contributed by atoms with Crippen LogP contribution >= 0.6 is 0 Å². The summed E-state index contributed by atoms with van der Waals surface area (Å²) < 4.78 is 27.7. The van der Waals surface area contributed by atoms with Crippen LogP contribution in [0.15, 0.2) is 62.2 Å². The zero-order chi connectivity index (χ0) is 17.2. The molecule has 124 valence electrons. The van der Waals surface area contributed by atoms with Crippen LogP contribution in [0.25, 0.3) is 11.5 Å². The van der Waals surface area contributed by atoms with Crippen molar-refractivity contribution in [1.29, 1.82) is 0 Å². The largest absolute Gasteiger partial charge is 0.497 e. The highest BCUT2D eigenvalue weighted by atomic mass is 32.2. The van der Waals surface area contributed by atoms with Crippen molar-refractivity contribution in [2.75, 3.05) is 13.4 Å². The molecule has 2 aromatic carbocycles. The van der Waals surface area contributed by atoms with Crippen LogP contribution in [0.4, 0.5) is 5.69 Å². The summed E-state index contributed by atoms with van der Waals surface area (Å²) in [6.07, 6.45) is 1.62. The van der Waals surface area contributed by atoms with Crippen molar-refractivity contribution in [2.24, 2.45) is 4.36 Å². The predicted octanol–water partition coefficient (Wildman–Crippen LogP) is 3.84. The van der Waals surface area contributed by atoms with Gasteiger partial charge in [-0.15, -0.1) is 10.2 Å². The SMILES string of the molecule is COc1ccc(S(C)(=O)=Nc2ccc(-c3nnc(C)o3)cc2)cc1. The zero-order valence-electron chi connectivity index (χ0n) is 13.6. The fourth-order valence-corrected chi connectivity index (χ4v) is 3.43. The lowest BCUT2D eigenvalue weighted by molar-refractivity contribution is 0.414. The average molecular weight is 343 g/mol. The van der Waals surface area contributed by atoms with Gasteiger partial charge in [-0.05, 0) is 48.5 Å². The highest BCUT2D eigenvalue weighted by Crippen LogP contribution is 2.25. The minimum absolute atomic E-state index is 0.450. The van der Waals surface area contributed by atoms with E-state index in [0.717, 1.165) is 5.56 Å². The molecule has 0 aliphatic carbocycles. The van der Waals surface area contributed by atoms with Crippen molar-refractivity contribution in [3.63, 3.8) is 0 Å². The molecule has 0 N–H and O–H groups in total. The molecule has 0 bridgehead atoms. The summed E-state index contributed by atoms with van der Waals surface area (Å²) in [7, 11) is -0.951. The second kappa shape index (κ2) is 6.45. The Morgan fingerprint density at radius 3 is 2.25 bits per heavy atom. The number of hydrogen-bond donors (Lipinski definition) is 0. The first-order chi connectivity index (χ1) is 11.5. The lowest BCUT2D eigenvalue weighted by Crippen LogP contribution is -1.96. The van der Waals surface area contributed by atoms with Gasteiger partial charge in [0.1, 0.15) is 5.75 Å². The van der Waals surface area contributed by atoms with E-state index in [1.807, 2.05) is 12.1 Å². The third-order valence-corrected chi connectivity index (χ3v) is 5.12. The van der Waals surface area contributed by atoms with E-state index < -0.39 is 9.73 Å². The molecule has 1 heterocycles. The van der Waals surface area contributed by atoms with Gasteiger partial charge in [-0.3, -0.25) is 0 Å². The lowest BCUT2D eigenvalue weighted by atomic mass is 10.2. The fraction of sp³-hybridized carbons (Fsp3) is 0.176. The van der Waals surface area contributed by atoms with Gasteiger partial charge in [-0.25, -0.2) is 4.21 Å². The molecule has 3 aromatic rings. The maximum atomic E-state index is 12.9. The highest BCUT2D eigenvalue weighted by molar-refractivity contribution is 7.93. The molecule has 0 saturated heterocycles. The molecule has 0 spiro atoms. The van der Waals surface area contributed by atoms with Crippen LogP contribution < -0.4 is 4.74 Å². The van der Waals surface area contributed by atoms with Gasteiger partial charge >= 0.3 is 0 Å². The van der Waals surface area contributed by atoms with Gasteiger partial charge < -0.3 is 9.15 Å². The standard InChI is InChI=1S/C17H17N3O3S/c1-12-18-19-17(23-12)13-4-6-14(7-5-13)20-24(3,21)16-10-8-15(22-2)9-11-16/h4-11H,1-3H3. The van der Waals surface area contributed by atoms with E-state index in [-0.39, 0.29) is 0 Å². The monoisotopic (exact) mass is 343 g/mol. The molecule has 0 fully saturated rings. The molecule has 6 nitrogen and oxygen atoms in total. The molecule has 1 aromatic heterocycles. The Hall–Kier alpha value is -2.67. The highest BCUT2D eigenvalue weighted by Gasteiger charge is 2.08. The summed E-state index contributed by atoms with van der Waals surface area (Å²) in [5, 5.41) is 7.77. The zero-order valence-corrected chi connectivity index (χ0v) is 14.4. The van der Waals surface area contributed by atoms with Crippen LogP contribution in [0.2, 0.25) is 0 Å². The smallest absolute Gasteiger partial charge is 0.247 e. The number of ether oxygens (including phenoxy) is 1. The number of nitrogens with zero attached hydrogens (tertiary/aromatic N) is 3. The molecular formula is C17H17N3O3S. The second-order valence-corrected chi connectivity index (χ2v) is 7.50.